The van der Waals surface area contributed by atoms with E-state index in [1.807, 2.05) is 0 Å². The van der Waals surface area contributed by atoms with Gasteiger partial charge >= 0.3 is 12.3 Å². The summed E-state index contributed by atoms with van der Waals surface area (Å²) in [7, 11) is 1.38. The maximum atomic E-state index is 14.5. The van der Waals surface area contributed by atoms with Crippen LogP contribution in [0.5, 0.6) is 11.5 Å². The van der Waals surface area contributed by atoms with Crippen molar-refractivity contribution in [3.63, 3.8) is 0 Å². The van der Waals surface area contributed by atoms with Crippen molar-refractivity contribution in [3.05, 3.63) is 47.7 Å². The van der Waals surface area contributed by atoms with Gasteiger partial charge in [0.25, 0.3) is 5.91 Å². The molecule has 3 rings (SSSR count). The Morgan fingerprint density at radius 3 is 2.55 bits per heavy atom. The van der Waals surface area contributed by atoms with Crippen LogP contribution in [-0.2, 0) is 11.2 Å². The van der Waals surface area contributed by atoms with Crippen molar-refractivity contribution >= 4 is 17.6 Å². The van der Waals surface area contributed by atoms with Crippen molar-refractivity contribution in [1.29, 1.82) is 0 Å². The molecule has 2 aromatic rings. The van der Waals surface area contributed by atoms with Gasteiger partial charge in [0.15, 0.2) is 17.7 Å². The third kappa shape index (κ3) is 5.99. The van der Waals surface area contributed by atoms with Gasteiger partial charge in [-0.2, -0.15) is 0 Å². The average Bonchev–Trinajstić information content (AvgIpc) is 3.03. The van der Waals surface area contributed by atoms with Gasteiger partial charge in [-0.1, -0.05) is 12.1 Å². The minimum absolute atomic E-state index is 0.0499. The molecule has 2 amide bonds. The molecule has 13 heteroatoms. The molecule has 0 unspecified atom stereocenters. The first-order valence-electron chi connectivity index (χ1n) is 9.52. The molecule has 0 spiro atoms. The molecule has 2 heterocycles. The molecule has 1 aliphatic heterocycles. The molecule has 0 bridgehead atoms. The normalized spacial score (nSPS) is 17.5. The number of anilines is 1. The van der Waals surface area contributed by atoms with Crippen LogP contribution in [0.3, 0.4) is 0 Å². The van der Waals surface area contributed by atoms with Crippen molar-refractivity contribution in [2.24, 2.45) is 0 Å². The van der Waals surface area contributed by atoms with E-state index in [1.165, 1.54) is 25.2 Å². The maximum Gasteiger partial charge on any atom is 0.573 e. The van der Waals surface area contributed by atoms with Gasteiger partial charge in [-0.05, 0) is 23.8 Å². The molecule has 8 nitrogen and oxygen atoms in total. The van der Waals surface area contributed by atoms with E-state index in [0.717, 1.165) is 23.2 Å². The summed E-state index contributed by atoms with van der Waals surface area (Å²) < 4.78 is 74.8. The zero-order chi connectivity index (χ0) is 24.4. The lowest BCUT2D eigenvalue weighted by atomic mass is 10.1. The van der Waals surface area contributed by atoms with E-state index in [0.29, 0.717) is 5.56 Å². The third-order valence-corrected chi connectivity index (χ3v) is 4.76. The lowest BCUT2D eigenvalue weighted by Crippen LogP contribution is -2.36. The fourth-order valence-corrected chi connectivity index (χ4v) is 3.13. The number of nitrogens with two attached hydrogens (primary N) is 1. The summed E-state index contributed by atoms with van der Waals surface area (Å²) in [4.78, 5) is 28.9. The van der Waals surface area contributed by atoms with Gasteiger partial charge < -0.3 is 25.4 Å². The van der Waals surface area contributed by atoms with Crippen LogP contribution in [0.2, 0.25) is 0 Å². The Kier molecular flexibility index (Phi) is 6.60. The molecule has 0 aliphatic carbocycles. The van der Waals surface area contributed by atoms with Crippen LogP contribution in [0.1, 0.15) is 15.9 Å². The van der Waals surface area contributed by atoms with Crippen LogP contribution in [0.25, 0.3) is 0 Å². The van der Waals surface area contributed by atoms with Crippen molar-refractivity contribution in [3.8, 4) is 11.5 Å². The Morgan fingerprint density at radius 1 is 1.27 bits per heavy atom. The van der Waals surface area contributed by atoms with Gasteiger partial charge in [0.1, 0.15) is 5.75 Å². The summed E-state index contributed by atoms with van der Waals surface area (Å²) in [6.07, 6.45) is -5.75. The lowest BCUT2D eigenvalue weighted by molar-refractivity contribution is -0.274. The number of likely N-dealkylation sites (tertiary alicyclic amines) is 1. The van der Waals surface area contributed by atoms with Gasteiger partial charge in [0.05, 0.1) is 25.1 Å². The second kappa shape index (κ2) is 9.08. The fraction of sp³-hybridized carbons (Fsp3) is 0.350. The predicted octanol–water partition coefficient (Wildman–Crippen LogP) is 2.39. The van der Waals surface area contributed by atoms with Gasteiger partial charge in [-0.15, -0.1) is 13.2 Å². The quantitative estimate of drug-likeness (QED) is 0.623. The molecule has 3 N–H and O–H groups in total. The molecule has 1 fully saturated rings. The summed E-state index contributed by atoms with van der Waals surface area (Å²) >= 11 is 0. The number of halogens is 5. The molecule has 33 heavy (non-hydrogen) atoms. The first-order chi connectivity index (χ1) is 15.4. The number of nitrogens with zero attached hydrogens (tertiary/aromatic N) is 2. The average molecular weight is 474 g/mol. The largest absolute Gasteiger partial charge is 0.573 e. The maximum absolute atomic E-state index is 14.5. The van der Waals surface area contributed by atoms with Crippen molar-refractivity contribution in [1.82, 2.24) is 15.2 Å². The van der Waals surface area contributed by atoms with Gasteiger partial charge in [-0.25, -0.2) is 13.8 Å². The molecular weight excluding hydrogens is 455 g/mol. The summed E-state index contributed by atoms with van der Waals surface area (Å²) in [5, 5.41) is 2.36. The van der Waals surface area contributed by atoms with Crippen molar-refractivity contribution in [2.75, 3.05) is 25.9 Å². The van der Waals surface area contributed by atoms with E-state index in [1.54, 1.807) is 0 Å². The SMILES string of the molecule is CNC(=O)c1cnc(N)c(O[C@H]2CN(C(=O)Cc3ccc(OC(F)(F)F)cc3)CC2(F)F)c1. The Balaban J connectivity index is 1.66. The molecule has 0 saturated carbocycles. The molecule has 1 saturated heterocycles. The third-order valence-electron chi connectivity index (χ3n) is 4.76. The number of hydrogen-bond donors (Lipinski definition) is 2. The fourth-order valence-electron chi connectivity index (χ4n) is 3.13. The number of hydrogen-bond acceptors (Lipinski definition) is 6. The number of ether oxygens (including phenoxy) is 2. The second-order valence-corrected chi connectivity index (χ2v) is 7.20. The number of nitrogen functional groups attached to an aromatic ring is 1. The summed E-state index contributed by atoms with van der Waals surface area (Å²) in [5.74, 6) is -5.51. The van der Waals surface area contributed by atoms with Gasteiger partial charge in [0, 0.05) is 13.2 Å². The number of alkyl halides is 5. The summed E-state index contributed by atoms with van der Waals surface area (Å²) in [5.41, 5.74) is 6.03. The van der Waals surface area contributed by atoms with Gasteiger partial charge in [-0.3, -0.25) is 9.59 Å². The van der Waals surface area contributed by atoms with Crippen LogP contribution in [0, 0.1) is 0 Å². The Labute approximate surface area is 184 Å². The van der Waals surface area contributed by atoms with Crippen molar-refractivity contribution in [2.45, 2.75) is 24.8 Å². The molecule has 1 aromatic heterocycles. The molecule has 178 valence electrons. The van der Waals surface area contributed by atoms with E-state index in [4.69, 9.17) is 10.5 Å². The molecule has 1 atom stereocenters. The molecule has 0 radical (unpaired) electrons. The van der Waals surface area contributed by atoms with Crippen LogP contribution in [-0.4, -0.2) is 60.2 Å². The number of carbonyl (C=O) groups excluding carboxylic acids is 2. The Hall–Kier alpha value is -3.64. The number of pyridine rings is 1. The highest BCUT2D eigenvalue weighted by molar-refractivity contribution is 5.94. The zero-order valence-electron chi connectivity index (χ0n) is 17.2. The number of nitrogens with one attached hydrogen (secondary N) is 1. The van der Waals surface area contributed by atoms with E-state index in [2.05, 4.69) is 15.0 Å². The number of aromatic nitrogens is 1. The van der Waals surface area contributed by atoms with E-state index < -0.39 is 49.0 Å². The standard InChI is InChI=1S/C20H19F5N4O4/c1-27-18(31)12-7-14(17(26)28-8-12)32-15-9-29(10-19(15,21)22)16(30)6-11-2-4-13(5-3-11)33-20(23,24)25/h2-5,7-8,15H,6,9-10H2,1H3,(H2,26,28)(H,27,31)/t15-/m0/s1. The number of rotatable bonds is 6. The number of benzene rings is 1. The van der Waals surface area contributed by atoms with Crippen LogP contribution in [0.4, 0.5) is 27.8 Å². The summed E-state index contributed by atoms with van der Waals surface area (Å²) in [6, 6.07) is 5.69. The first kappa shape index (κ1) is 24.0. The predicted molar refractivity (Wildman–Crippen MR) is 105 cm³/mol. The van der Waals surface area contributed by atoms with E-state index >= 15 is 0 Å². The first-order valence-corrected chi connectivity index (χ1v) is 9.52. The van der Waals surface area contributed by atoms with Crippen LogP contribution >= 0.6 is 0 Å². The monoisotopic (exact) mass is 474 g/mol. The second-order valence-electron chi connectivity index (χ2n) is 7.20. The molecule has 1 aliphatic rings. The number of carbonyl (C=O) groups is 2. The highest BCUT2D eigenvalue weighted by atomic mass is 19.4. The molecule has 1 aromatic carbocycles. The Morgan fingerprint density at radius 2 is 1.94 bits per heavy atom. The smallest absolute Gasteiger partial charge is 0.478 e. The van der Waals surface area contributed by atoms with Crippen LogP contribution < -0.4 is 20.5 Å². The van der Waals surface area contributed by atoms with Crippen LogP contribution in [0.15, 0.2) is 36.5 Å². The van der Waals surface area contributed by atoms with E-state index in [-0.39, 0.29) is 23.6 Å². The zero-order valence-corrected chi connectivity index (χ0v) is 17.2. The highest BCUT2D eigenvalue weighted by Crippen LogP contribution is 2.33. The number of amides is 2. The van der Waals surface area contributed by atoms with E-state index in [9.17, 15) is 31.5 Å². The highest BCUT2D eigenvalue weighted by Gasteiger charge is 2.51. The topological polar surface area (TPSA) is 107 Å². The van der Waals surface area contributed by atoms with Crippen molar-refractivity contribution < 1.29 is 41.0 Å². The lowest BCUT2D eigenvalue weighted by Gasteiger charge is -2.20. The van der Waals surface area contributed by atoms with Gasteiger partial charge in [0.2, 0.25) is 5.91 Å². The molecular formula is C20H19F5N4O4. The Bertz CT molecular complexity index is 1030. The minimum Gasteiger partial charge on any atom is -0.478 e. The minimum atomic E-state index is -4.85. The summed E-state index contributed by atoms with van der Waals surface area (Å²) in [6.45, 7) is -1.39.